The molecule has 1 rings (SSSR count). The van der Waals surface area contributed by atoms with Crippen LogP contribution in [-0.4, -0.2) is 39.4 Å². The van der Waals surface area contributed by atoms with Gasteiger partial charge in [-0.15, -0.1) is 0 Å². The first kappa shape index (κ1) is 18.2. The molecule has 2 N–H and O–H groups in total. The van der Waals surface area contributed by atoms with Gasteiger partial charge in [0.15, 0.2) is 0 Å². The average Bonchev–Trinajstić information content (AvgIpc) is 2.42. The van der Waals surface area contributed by atoms with Crippen LogP contribution in [0.3, 0.4) is 0 Å². The van der Waals surface area contributed by atoms with E-state index in [1.54, 1.807) is 0 Å². The van der Waals surface area contributed by atoms with Crippen molar-refractivity contribution in [2.24, 2.45) is 0 Å². The van der Waals surface area contributed by atoms with Gasteiger partial charge in [0.2, 0.25) is 0 Å². The van der Waals surface area contributed by atoms with E-state index in [-0.39, 0.29) is 10.7 Å². The molecule has 5 nitrogen and oxygen atoms in total. The van der Waals surface area contributed by atoms with Crippen molar-refractivity contribution in [1.29, 1.82) is 0 Å². The van der Waals surface area contributed by atoms with E-state index < -0.39 is 16.0 Å². The molecular weight excluding hydrogens is 317 g/mol. The molecule has 0 heterocycles. The van der Waals surface area contributed by atoms with E-state index in [4.69, 9.17) is 11.6 Å². The molecule has 120 valence electrons. The Bertz CT molecular complexity index is 554. The second-order valence-electron chi connectivity index (χ2n) is 4.66. The van der Waals surface area contributed by atoms with Crippen LogP contribution in [0.2, 0.25) is 5.02 Å². The van der Waals surface area contributed by atoms with Gasteiger partial charge in [-0.1, -0.05) is 18.5 Å². The Hall–Kier alpha value is -0.890. The zero-order chi connectivity index (χ0) is 15.9. The van der Waals surface area contributed by atoms with Crippen LogP contribution in [0.25, 0.3) is 0 Å². The highest BCUT2D eigenvalue weighted by atomic mass is 35.5. The molecule has 0 unspecified atom stereocenters. The van der Waals surface area contributed by atoms with Crippen molar-refractivity contribution in [1.82, 2.24) is 9.62 Å². The fraction of sp³-hybridized carbons (Fsp3) is 0.538. The summed E-state index contributed by atoms with van der Waals surface area (Å²) in [6.07, 6.45) is 1.71. The van der Waals surface area contributed by atoms with E-state index in [0.29, 0.717) is 13.0 Å². The molecule has 0 saturated carbocycles. The minimum Gasteiger partial charge on any atom is -0.317 e. The van der Waals surface area contributed by atoms with Crippen LogP contribution >= 0.6 is 11.6 Å². The SMILES string of the molecule is CCCNCCCN(C)S(=O)(=O)Nc1cc(Cl)ccc1F. The lowest BCUT2D eigenvalue weighted by Crippen LogP contribution is -2.34. The number of rotatable bonds is 9. The molecule has 0 spiro atoms. The second-order valence-corrected chi connectivity index (χ2v) is 6.87. The van der Waals surface area contributed by atoms with Gasteiger partial charge in [0.05, 0.1) is 5.69 Å². The largest absolute Gasteiger partial charge is 0.317 e. The van der Waals surface area contributed by atoms with Crippen LogP contribution in [0.5, 0.6) is 0 Å². The lowest BCUT2D eigenvalue weighted by atomic mass is 10.3. The molecule has 1 aromatic carbocycles. The third kappa shape index (κ3) is 6.17. The van der Waals surface area contributed by atoms with Gasteiger partial charge < -0.3 is 5.32 Å². The molecule has 0 aliphatic heterocycles. The lowest BCUT2D eigenvalue weighted by molar-refractivity contribution is 0.458. The molecule has 0 amide bonds. The molecule has 8 heteroatoms. The Labute approximate surface area is 130 Å². The van der Waals surface area contributed by atoms with Crippen LogP contribution in [0.1, 0.15) is 19.8 Å². The summed E-state index contributed by atoms with van der Waals surface area (Å²) < 4.78 is 41.0. The summed E-state index contributed by atoms with van der Waals surface area (Å²) in [7, 11) is -2.34. The van der Waals surface area contributed by atoms with E-state index in [2.05, 4.69) is 17.0 Å². The van der Waals surface area contributed by atoms with Gasteiger partial charge in [-0.2, -0.15) is 12.7 Å². The topological polar surface area (TPSA) is 61.4 Å². The van der Waals surface area contributed by atoms with E-state index in [1.807, 2.05) is 0 Å². The van der Waals surface area contributed by atoms with Gasteiger partial charge in [-0.25, -0.2) is 4.39 Å². The molecule has 21 heavy (non-hydrogen) atoms. The predicted octanol–water partition coefficient (Wildman–Crippen LogP) is 2.46. The van der Waals surface area contributed by atoms with Crippen LogP contribution < -0.4 is 10.0 Å². The standard InChI is InChI=1S/C13H21ClFN3O2S/c1-3-7-16-8-4-9-18(2)21(19,20)17-13-10-11(14)5-6-12(13)15/h5-6,10,16-17H,3-4,7-9H2,1-2H3. The highest BCUT2D eigenvalue weighted by molar-refractivity contribution is 7.90. The number of benzene rings is 1. The fourth-order valence-corrected chi connectivity index (χ4v) is 2.77. The molecule has 0 bridgehead atoms. The van der Waals surface area contributed by atoms with Crippen molar-refractivity contribution in [3.63, 3.8) is 0 Å². The van der Waals surface area contributed by atoms with Crippen molar-refractivity contribution in [3.8, 4) is 0 Å². The van der Waals surface area contributed by atoms with Crippen molar-refractivity contribution in [2.75, 3.05) is 31.4 Å². The molecule has 1 aromatic rings. The van der Waals surface area contributed by atoms with Crippen molar-refractivity contribution >= 4 is 27.5 Å². The summed E-state index contributed by atoms with van der Waals surface area (Å²) in [6.45, 7) is 4.04. The quantitative estimate of drug-likeness (QED) is 0.680. The van der Waals surface area contributed by atoms with Gasteiger partial charge >= 0.3 is 10.2 Å². The first-order chi connectivity index (χ1) is 9.86. The monoisotopic (exact) mass is 337 g/mol. The number of hydrogen-bond acceptors (Lipinski definition) is 3. The van der Waals surface area contributed by atoms with Crippen LogP contribution in [-0.2, 0) is 10.2 Å². The molecule has 0 aliphatic rings. The number of hydrogen-bond donors (Lipinski definition) is 2. The highest BCUT2D eigenvalue weighted by Crippen LogP contribution is 2.21. The molecule has 0 radical (unpaired) electrons. The molecule has 0 aliphatic carbocycles. The smallest absolute Gasteiger partial charge is 0.301 e. The number of nitrogens with one attached hydrogen (secondary N) is 2. The van der Waals surface area contributed by atoms with Gasteiger partial charge in [0, 0.05) is 18.6 Å². The fourth-order valence-electron chi connectivity index (χ4n) is 1.64. The summed E-state index contributed by atoms with van der Waals surface area (Å²) >= 11 is 5.73. The van der Waals surface area contributed by atoms with E-state index in [1.165, 1.54) is 19.2 Å². The van der Waals surface area contributed by atoms with Gasteiger partial charge in [0.25, 0.3) is 0 Å². The Morgan fingerprint density at radius 3 is 2.71 bits per heavy atom. The van der Waals surface area contributed by atoms with Gasteiger partial charge in [-0.05, 0) is 44.1 Å². The number of anilines is 1. The van der Waals surface area contributed by atoms with Gasteiger partial charge in [-0.3, -0.25) is 4.72 Å². The summed E-state index contributed by atoms with van der Waals surface area (Å²) in [6, 6.07) is 3.72. The number of halogens is 2. The normalized spacial score (nSPS) is 11.9. The lowest BCUT2D eigenvalue weighted by Gasteiger charge is -2.18. The van der Waals surface area contributed by atoms with Crippen LogP contribution in [0.4, 0.5) is 10.1 Å². The Morgan fingerprint density at radius 1 is 1.33 bits per heavy atom. The molecule has 0 atom stereocenters. The van der Waals surface area contributed by atoms with Crippen molar-refractivity contribution < 1.29 is 12.8 Å². The third-order valence-corrected chi connectivity index (χ3v) is 4.55. The van der Waals surface area contributed by atoms with E-state index in [0.717, 1.165) is 29.9 Å². The van der Waals surface area contributed by atoms with Crippen molar-refractivity contribution in [2.45, 2.75) is 19.8 Å². The summed E-state index contributed by atoms with van der Waals surface area (Å²) in [5.41, 5.74) is -0.154. The van der Waals surface area contributed by atoms with Crippen LogP contribution in [0, 0.1) is 5.82 Å². The third-order valence-electron chi connectivity index (χ3n) is 2.83. The molecule has 0 aromatic heterocycles. The highest BCUT2D eigenvalue weighted by Gasteiger charge is 2.18. The zero-order valence-electron chi connectivity index (χ0n) is 12.2. The maximum absolute atomic E-state index is 13.5. The summed E-state index contributed by atoms with van der Waals surface area (Å²) in [4.78, 5) is 0. The Morgan fingerprint density at radius 2 is 2.05 bits per heavy atom. The molecular formula is C13H21ClFN3O2S. The second kappa shape index (κ2) is 8.53. The van der Waals surface area contributed by atoms with Crippen molar-refractivity contribution in [3.05, 3.63) is 29.0 Å². The maximum Gasteiger partial charge on any atom is 0.301 e. The molecule has 0 saturated heterocycles. The Balaban J connectivity index is 2.57. The van der Waals surface area contributed by atoms with Gasteiger partial charge in [0.1, 0.15) is 5.82 Å². The minimum atomic E-state index is -3.79. The van der Waals surface area contributed by atoms with Crippen LogP contribution in [0.15, 0.2) is 18.2 Å². The first-order valence-corrected chi connectivity index (χ1v) is 8.58. The minimum absolute atomic E-state index is 0.154. The summed E-state index contributed by atoms with van der Waals surface area (Å²) in [5.74, 6) is -0.666. The van der Waals surface area contributed by atoms with E-state index in [9.17, 15) is 12.8 Å². The molecule has 0 fully saturated rings. The maximum atomic E-state index is 13.5. The average molecular weight is 338 g/mol. The summed E-state index contributed by atoms with van der Waals surface area (Å²) in [5, 5.41) is 3.45. The first-order valence-electron chi connectivity index (χ1n) is 6.76. The van der Waals surface area contributed by atoms with E-state index >= 15 is 0 Å². The zero-order valence-corrected chi connectivity index (χ0v) is 13.8. The number of nitrogens with zero attached hydrogens (tertiary/aromatic N) is 1. The predicted molar refractivity (Wildman–Crippen MR) is 84.4 cm³/mol. The Kier molecular flexibility index (Phi) is 7.37.